The first-order chi connectivity index (χ1) is 5.29. The van der Waals surface area contributed by atoms with Crippen molar-refractivity contribution < 1.29 is 4.39 Å². The van der Waals surface area contributed by atoms with Crippen LogP contribution in [0.3, 0.4) is 0 Å². The van der Waals surface area contributed by atoms with Crippen molar-refractivity contribution in [1.29, 1.82) is 0 Å². The predicted octanol–water partition coefficient (Wildman–Crippen LogP) is 0.451. The summed E-state index contributed by atoms with van der Waals surface area (Å²) in [4.78, 5) is 3.75. The molecule has 0 saturated heterocycles. The minimum atomic E-state index is -0.461. The smallest absolute Gasteiger partial charge is 0.193 e. The van der Waals surface area contributed by atoms with Crippen LogP contribution < -0.4 is 5.73 Å². The Hall–Kier alpha value is -1.65. The van der Waals surface area contributed by atoms with Crippen LogP contribution in [-0.4, -0.2) is 14.6 Å². The van der Waals surface area contributed by atoms with E-state index >= 15 is 0 Å². The first kappa shape index (κ1) is 6.09. The molecular formula is C6H5FN4. The predicted molar refractivity (Wildman–Crippen MR) is 37.4 cm³/mol. The van der Waals surface area contributed by atoms with Crippen molar-refractivity contribution >= 4 is 11.5 Å². The van der Waals surface area contributed by atoms with E-state index in [9.17, 15) is 4.39 Å². The van der Waals surface area contributed by atoms with E-state index < -0.39 is 5.82 Å². The van der Waals surface area contributed by atoms with Crippen molar-refractivity contribution in [3.05, 3.63) is 24.3 Å². The maximum atomic E-state index is 12.7. The standard InChI is InChI=1S/C6H5FN4/c7-4-3-10-11-5(8)1-2-9-6(4)11/h1-3H,8H2. The van der Waals surface area contributed by atoms with E-state index in [0.717, 1.165) is 6.20 Å². The molecule has 0 bridgehead atoms. The molecule has 0 saturated carbocycles. The van der Waals surface area contributed by atoms with Crippen molar-refractivity contribution in [2.45, 2.75) is 0 Å². The van der Waals surface area contributed by atoms with Gasteiger partial charge in [0.25, 0.3) is 0 Å². The van der Waals surface area contributed by atoms with E-state index in [0.29, 0.717) is 5.82 Å². The topological polar surface area (TPSA) is 56.2 Å². The van der Waals surface area contributed by atoms with Gasteiger partial charge in [0.05, 0.1) is 6.20 Å². The van der Waals surface area contributed by atoms with E-state index in [2.05, 4.69) is 10.1 Å². The normalized spacial score (nSPS) is 10.6. The number of nitrogens with two attached hydrogens (primary N) is 1. The third-order valence-corrected chi connectivity index (χ3v) is 1.39. The molecule has 0 aliphatic rings. The molecule has 0 unspecified atom stereocenters. The van der Waals surface area contributed by atoms with Crippen LogP contribution >= 0.6 is 0 Å². The lowest BCUT2D eigenvalue weighted by molar-refractivity contribution is 0.636. The number of hydrogen-bond acceptors (Lipinski definition) is 3. The Bertz CT molecular complexity index is 394. The fourth-order valence-corrected chi connectivity index (χ4v) is 0.882. The second kappa shape index (κ2) is 1.91. The van der Waals surface area contributed by atoms with Gasteiger partial charge in [0, 0.05) is 6.20 Å². The summed E-state index contributed by atoms with van der Waals surface area (Å²) < 4.78 is 14.0. The van der Waals surface area contributed by atoms with E-state index in [1.54, 1.807) is 6.07 Å². The highest BCUT2D eigenvalue weighted by atomic mass is 19.1. The lowest BCUT2D eigenvalue weighted by atomic mass is 10.5. The van der Waals surface area contributed by atoms with Gasteiger partial charge in [0.1, 0.15) is 5.82 Å². The molecule has 2 N–H and O–H groups in total. The molecule has 5 heteroatoms. The molecule has 0 aliphatic heterocycles. The van der Waals surface area contributed by atoms with Crippen LogP contribution in [0.25, 0.3) is 5.65 Å². The summed E-state index contributed by atoms with van der Waals surface area (Å²) in [6.45, 7) is 0. The average Bonchev–Trinajstić information content (AvgIpc) is 2.35. The summed E-state index contributed by atoms with van der Waals surface area (Å²) >= 11 is 0. The third-order valence-electron chi connectivity index (χ3n) is 1.39. The summed E-state index contributed by atoms with van der Waals surface area (Å²) in [6.07, 6.45) is 2.52. The van der Waals surface area contributed by atoms with Crippen molar-refractivity contribution in [3.63, 3.8) is 0 Å². The average molecular weight is 152 g/mol. The molecule has 2 aromatic rings. The minimum absolute atomic E-state index is 0.157. The van der Waals surface area contributed by atoms with Crippen LogP contribution in [0.2, 0.25) is 0 Å². The molecule has 0 aromatic carbocycles. The van der Waals surface area contributed by atoms with Gasteiger partial charge in [-0.25, -0.2) is 9.37 Å². The van der Waals surface area contributed by atoms with Crippen LogP contribution in [0.1, 0.15) is 0 Å². The third kappa shape index (κ3) is 0.739. The lowest BCUT2D eigenvalue weighted by Crippen LogP contribution is -1.98. The number of nitrogens with zero attached hydrogens (tertiary/aromatic N) is 3. The van der Waals surface area contributed by atoms with Gasteiger partial charge in [-0.15, -0.1) is 0 Å². The number of fused-ring (bicyclic) bond motifs is 1. The monoisotopic (exact) mass is 152 g/mol. The van der Waals surface area contributed by atoms with Crippen molar-refractivity contribution in [1.82, 2.24) is 14.6 Å². The fourth-order valence-electron chi connectivity index (χ4n) is 0.882. The largest absolute Gasteiger partial charge is 0.384 e. The second-order valence-corrected chi connectivity index (χ2v) is 2.10. The van der Waals surface area contributed by atoms with Crippen LogP contribution in [0.4, 0.5) is 10.2 Å². The number of rotatable bonds is 0. The van der Waals surface area contributed by atoms with E-state index in [1.165, 1.54) is 10.7 Å². The van der Waals surface area contributed by atoms with Gasteiger partial charge in [0.15, 0.2) is 11.5 Å². The van der Waals surface area contributed by atoms with Gasteiger partial charge in [-0.1, -0.05) is 0 Å². The number of halogens is 1. The Morgan fingerprint density at radius 2 is 2.36 bits per heavy atom. The minimum Gasteiger partial charge on any atom is -0.384 e. The molecule has 0 aliphatic carbocycles. The number of anilines is 1. The Balaban J connectivity index is 2.94. The lowest BCUT2D eigenvalue weighted by Gasteiger charge is -1.94. The molecule has 11 heavy (non-hydrogen) atoms. The Morgan fingerprint density at radius 1 is 1.55 bits per heavy atom. The van der Waals surface area contributed by atoms with Gasteiger partial charge in [-0.2, -0.15) is 9.61 Å². The molecule has 0 amide bonds. The number of hydrogen-bond donors (Lipinski definition) is 1. The highest BCUT2D eigenvalue weighted by molar-refractivity contribution is 5.45. The van der Waals surface area contributed by atoms with Gasteiger partial charge in [-0.3, -0.25) is 0 Å². The van der Waals surface area contributed by atoms with Crippen LogP contribution in [0.5, 0.6) is 0 Å². The summed E-state index contributed by atoms with van der Waals surface area (Å²) in [5, 5.41) is 3.67. The second-order valence-electron chi connectivity index (χ2n) is 2.10. The Kier molecular flexibility index (Phi) is 1.06. The van der Waals surface area contributed by atoms with Gasteiger partial charge in [0.2, 0.25) is 0 Å². The van der Waals surface area contributed by atoms with E-state index in [4.69, 9.17) is 5.73 Å². The fraction of sp³-hybridized carbons (Fsp3) is 0. The molecule has 0 spiro atoms. The van der Waals surface area contributed by atoms with Gasteiger partial charge in [-0.05, 0) is 6.07 Å². The number of aromatic nitrogens is 3. The zero-order valence-corrected chi connectivity index (χ0v) is 5.53. The summed E-state index contributed by atoms with van der Waals surface area (Å²) in [6, 6.07) is 1.56. The highest BCUT2D eigenvalue weighted by Gasteiger charge is 2.04. The summed E-state index contributed by atoms with van der Waals surface area (Å²) in [7, 11) is 0. The molecule has 2 aromatic heterocycles. The van der Waals surface area contributed by atoms with Crippen molar-refractivity contribution in [2.75, 3.05) is 5.73 Å². The molecule has 4 nitrogen and oxygen atoms in total. The van der Waals surface area contributed by atoms with E-state index in [-0.39, 0.29) is 5.65 Å². The Morgan fingerprint density at radius 3 is 3.09 bits per heavy atom. The maximum absolute atomic E-state index is 12.7. The van der Waals surface area contributed by atoms with Crippen LogP contribution in [0, 0.1) is 5.82 Å². The van der Waals surface area contributed by atoms with Crippen LogP contribution in [-0.2, 0) is 0 Å². The molecule has 0 atom stereocenters. The highest BCUT2D eigenvalue weighted by Crippen LogP contribution is 2.08. The first-order valence-corrected chi connectivity index (χ1v) is 3.03. The molecule has 0 radical (unpaired) electrons. The number of nitrogen functional groups attached to an aromatic ring is 1. The van der Waals surface area contributed by atoms with Gasteiger partial charge < -0.3 is 5.73 Å². The molecule has 2 rings (SSSR count). The zero-order chi connectivity index (χ0) is 7.84. The summed E-state index contributed by atoms with van der Waals surface area (Å²) in [5.74, 6) is -0.0869. The SMILES string of the molecule is Nc1ccnc2c(F)cnn12. The maximum Gasteiger partial charge on any atom is 0.193 e. The van der Waals surface area contributed by atoms with Crippen molar-refractivity contribution in [3.8, 4) is 0 Å². The van der Waals surface area contributed by atoms with Crippen molar-refractivity contribution in [2.24, 2.45) is 0 Å². The molecule has 2 heterocycles. The zero-order valence-electron chi connectivity index (χ0n) is 5.53. The van der Waals surface area contributed by atoms with Crippen LogP contribution in [0.15, 0.2) is 18.5 Å². The molecular weight excluding hydrogens is 147 g/mol. The molecule has 0 fully saturated rings. The van der Waals surface area contributed by atoms with E-state index in [1.807, 2.05) is 0 Å². The quantitative estimate of drug-likeness (QED) is 0.596. The molecule has 56 valence electrons. The van der Waals surface area contributed by atoms with Gasteiger partial charge >= 0.3 is 0 Å². The first-order valence-electron chi connectivity index (χ1n) is 3.03. The summed E-state index contributed by atoms with van der Waals surface area (Å²) in [5.41, 5.74) is 5.62. The Labute approximate surface area is 61.5 Å².